The summed E-state index contributed by atoms with van der Waals surface area (Å²) in [5.74, 6) is -0.119. The Bertz CT molecular complexity index is 932. The fraction of sp³-hybridized carbons (Fsp3) is 0.158. The smallest absolute Gasteiger partial charge is 0.240 e. The summed E-state index contributed by atoms with van der Waals surface area (Å²) in [7, 11) is 0. The zero-order chi connectivity index (χ0) is 17.1. The minimum absolute atomic E-state index is 0.0446. The van der Waals surface area contributed by atoms with E-state index in [1.54, 1.807) is 29.0 Å². The van der Waals surface area contributed by atoms with Gasteiger partial charge in [-0.3, -0.25) is 9.59 Å². The van der Waals surface area contributed by atoms with Crippen LogP contribution in [-0.4, -0.2) is 10.5 Å². The fourth-order valence-electron chi connectivity index (χ4n) is 2.67. The van der Waals surface area contributed by atoms with Crippen molar-refractivity contribution >= 4 is 28.4 Å². The molecule has 0 bridgehead atoms. The van der Waals surface area contributed by atoms with Crippen LogP contribution in [-0.2, 0) is 11.3 Å². The molecule has 0 aliphatic carbocycles. The zero-order valence-electron chi connectivity index (χ0n) is 13.2. The maximum Gasteiger partial charge on any atom is 0.240 e. The van der Waals surface area contributed by atoms with Crippen molar-refractivity contribution in [1.82, 2.24) is 9.88 Å². The second-order valence-corrected chi connectivity index (χ2v) is 6.10. The Balaban J connectivity index is 1.77. The molecule has 0 spiro atoms. The number of fused-ring (bicyclic) bond motifs is 1. The van der Waals surface area contributed by atoms with Crippen molar-refractivity contribution in [2.75, 3.05) is 0 Å². The van der Waals surface area contributed by atoms with Crippen molar-refractivity contribution in [2.45, 2.75) is 19.5 Å². The highest BCUT2D eigenvalue weighted by Crippen LogP contribution is 2.16. The van der Waals surface area contributed by atoms with E-state index >= 15 is 0 Å². The van der Waals surface area contributed by atoms with Crippen LogP contribution in [0.2, 0.25) is 5.02 Å². The summed E-state index contributed by atoms with van der Waals surface area (Å²) in [6, 6.07) is 16.0. The number of nitrogens with one attached hydrogen (secondary N) is 1. The van der Waals surface area contributed by atoms with Gasteiger partial charge >= 0.3 is 0 Å². The Hall–Kier alpha value is -2.59. The summed E-state index contributed by atoms with van der Waals surface area (Å²) in [5, 5.41) is 4.24. The molecule has 24 heavy (non-hydrogen) atoms. The number of pyridine rings is 1. The number of carbonyl (C=O) groups excluding carboxylic acids is 1. The highest BCUT2D eigenvalue weighted by Gasteiger charge is 2.11. The van der Waals surface area contributed by atoms with E-state index in [1.807, 2.05) is 37.3 Å². The molecule has 1 aromatic heterocycles. The SMILES string of the molecule is CC(NC(=O)Cn1ccc(=O)c2ccccc21)c1ccc(Cl)cc1. The standard InChI is InChI=1S/C19H17ClN2O2/c1-13(14-6-8-15(20)9-7-14)21-19(24)12-22-11-10-18(23)16-4-2-3-5-17(16)22/h2-11,13H,12H2,1H3,(H,21,24). The lowest BCUT2D eigenvalue weighted by molar-refractivity contribution is -0.122. The van der Waals surface area contributed by atoms with Crippen molar-refractivity contribution in [1.29, 1.82) is 0 Å². The molecule has 0 saturated carbocycles. The lowest BCUT2D eigenvalue weighted by atomic mass is 10.1. The number of hydrogen-bond acceptors (Lipinski definition) is 2. The first-order valence-electron chi connectivity index (χ1n) is 7.67. The number of hydrogen-bond donors (Lipinski definition) is 1. The molecule has 1 unspecified atom stereocenters. The first-order valence-corrected chi connectivity index (χ1v) is 8.05. The van der Waals surface area contributed by atoms with Gasteiger partial charge in [-0.25, -0.2) is 0 Å². The molecule has 1 heterocycles. The fourth-order valence-corrected chi connectivity index (χ4v) is 2.80. The highest BCUT2D eigenvalue weighted by molar-refractivity contribution is 6.30. The molecular weight excluding hydrogens is 324 g/mol. The summed E-state index contributed by atoms with van der Waals surface area (Å²) in [5.41, 5.74) is 1.69. The van der Waals surface area contributed by atoms with Gasteiger partial charge in [-0.15, -0.1) is 0 Å². The summed E-state index contributed by atoms with van der Waals surface area (Å²) in [6.07, 6.45) is 1.65. The van der Waals surface area contributed by atoms with E-state index in [1.165, 1.54) is 6.07 Å². The van der Waals surface area contributed by atoms with Crippen molar-refractivity contribution in [2.24, 2.45) is 0 Å². The summed E-state index contributed by atoms with van der Waals surface area (Å²) in [4.78, 5) is 24.2. The predicted octanol–water partition coefficient (Wildman–Crippen LogP) is 3.53. The van der Waals surface area contributed by atoms with Gasteiger partial charge in [0.05, 0.1) is 11.6 Å². The molecule has 4 nitrogen and oxygen atoms in total. The normalized spacial score (nSPS) is 12.1. The van der Waals surface area contributed by atoms with E-state index in [0.717, 1.165) is 11.1 Å². The van der Waals surface area contributed by atoms with Gasteiger partial charge in [0.25, 0.3) is 0 Å². The van der Waals surface area contributed by atoms with Crippen molar-refractivity contribution < 1.29 is 4.79 Å². The van der Waals surface area contributed by atoms with Gasteiger partial charge in [0, 0.05) is 22.7 Å². The first-order chi connectivity index (χ1) is 11.5. The van der Waals surface area contributed by atoms with Gasteiger partial charge in [-0.05, 0) is 36.8 Å². The second-order valence-electron chi connectivity index (χ2n) is 5.67. The Morgan fingerprint density at radius 3 is 2.58 bits per heavy atom. The van der Waals surface area contributed by atoms with Crippen LogP contribution in [0.4, 0.5) is 0 Å². The van der Waals surface area contributed by atoms with Crippen LogP contribution in [0.15, 0.2) is 65.6 Å². The van der Waals surface area contributed by atoms with Gasteiger partial charge in [-0.2, -0.15) is 0 Å². The minimum atomic E-state index is -0.125. The third kappa shape index (κ3) is 3.49. The van der Waals surface area contributed by atoms with Crippen LogP contribution in [0.5, 0.6) is 0 Å². The van der Waals surface area contributed by atoms with E-state index in [9.17, 15) is 9.59 Å². The second kappa shape index (κ2) is 6.89. The highest BCUT2D eigenvalue weighted by atomic mass is 35.5. The van der Waals surface area contributed by atoms with Gasteiger partial charge in [0.1, 0.15) is 6.54 Å². The van der Waals surface area contributed by atoms with E-state index in [4.69, 9.17) is 11.6 Å². The Morgan fingerprint density at radius 2 is 1.83 bits per heavy atom. The van der Waals surface area contributed by atoms with Crippen LogP contribution in [0, 0.1) is 0 Å². The number of aromatic nitrogens is 1. The molecule has 0 radical (unpaired) electrons. The molecule has 1 amide bonds. The maximum absolute atomic E-state index is 12.4. The maximum atomic E-state index is 12.4. The van der Waals surface area contributed by atoms with Crippen molar-refractivity contribution in [3.63, 3.8) is 0 Å². The third-order valence-corrected chi connectivity index (χ3v) is 4.20. The van der Waals surface area contributed by atoms with E-state index in [2.05, 4.69) is 5.32 Å². The molecule has 0 saturated heterocycles. The number of nitrogens with zero attached hydrogens (tertiary/aromatic N) is 1. The van der Waals surface area contributed by atoms with Crippen LogP contribution < -0.4 is 10.7 Å². The van der Waals surface area contributed by atoms with E-state index in [0.29, 0.717) is 10.4 Å². The molecule has 122 valence electrons. The Labute approximate surface area is 144 Å². The number of para-hydroxylation sites is 1. The molecule has 1 atom stereocenters. The van der Waals surface area contributed by atoms with Gasteiger partial charge in [0.2, 0.25) is 5.91 Å². The van der Waals surface area contributed by atoms with Crippen LogP contribution in [0.1, 0.15) is 18.5 Å². The Kier molecular flexibility index (Phi) is 4.67. The monoisotopic (exact) mass is 340 g/mol. The lowest BCUT2D eigenvalue weighted by Crippen LogP contribution is -2.30. The topological polar surface area (TPSA) is 51.1 Å². The largest absolute Gasteiger partial charge is 0.348 e. The molecule has 0 fully saturated rings. The van der Waals surface area contributed by atoms with E-state index in [-0.39, 0.29) is 23.9 Å². The number of rotatable bonds is 4. The average Bonchev–Trinajstić information content (AvgIpc) is 2.58. The molecule has 3 rings (SSSR count). The number of halogens is 1. The third-order valence-electron chi connectivity index (χ3n) is 3.95. The quantitative estimate of drug-likeness (QED) is 0.790. The molecule has 0 aliphatic rings. The van der Waals surface area contributed by atoms with Crippen molar-refractivity contribution in [3.05, 3.63) is 81.6 Å². The number of amides is 1. The molecular formula is C19H17ClN2O2. The first kappa shape index (κ1) is 16.3. The number of carbonyl (C=O) groups is 1. The Morgan fingerprint density at radius 1 is 1.12 bits per heavy atom. The van der Waals surface area contributed by atoms with E-state index < -0.39 is 0 Å². The molecule has 0 aliphatic heterocycles. The summed E-state index contributed by atoms with van der Waals surface area (Å²) < 4.78 is 1.78. The molecule has 3 aromatic rings. The minimum Gasteiger partial charge on any atom is -0.348 e. The zero-order valence-corrected chi connectivity index (χ0v) is 14.0. The summed E-state index contributed by atoms with van der Waals surface area (Å²) >= 11 is 5.88. The summed E-state index contributed by atoms with van der Waals surface area (Å²) in [6.45, 7) is 2.07. The predicted molar refractivity (Wildman–Crippen MR) is 96.2 cm³/mol. The molecule has 2 aromatic carbocycles. The number of benzene rings is 2. The van der Waals surface area contributed by atoms with Gasteiger partial charge in [-0.1, -0.05) is 35.9 Å². The lowest BCUT2D eigenvalue weighted by Gasteiger charge is -2.16. The van der Waals surface area contributed by atoms with Crippen LogP contribution in [0.25, 0.3) is 10.9 Å². The molecule has 5 heteroatoms. The van der Waals surface area contributed by atoms with Crippen molar-refractivity contribution in [3.8, 4) is 0 Å². The van der Waals surface area contributed by atoms with Crippen LogP contribution >= 0.6 is 11.6 Å². The van der Waals surface area contributed by atoms with Crippen LogP contribution in [0.3, 0.4) is 0 Å². The van der Waals surface area contributed by atoms with Gasteiger partial charge < -0.3 is 9.88 Å². The molecule has 1 N–H and O–H groups in total. The average molecular weight is 341 g/mol. The van der Waals surface area contributed by atoms with Gasteiger partial charge in [0.15, 0.2) is 5.43 Å².